The highest BCUT2D eigenvalue weighted by Crippen LogP contribution is 1.84. The van der Waals surface area contributed by atoms with Crippen molar-refractivity contribution in [1.82, 2.24) is 0 Å². The number of hydrogen-bond acceptors (Lipinski definition) is 5. The maximum absolute atomic E-state index is 10.3. The van der Waals surface area contributed by atoms with Gasteiger partial charge in [0.15, 0.2) is 13.2 Å². The summed E-state index contributed by atoms with van der Waals surface area (Å²) < 4.78 is 7.86. The van der Waals surface area contributed by atoms with Crippen LogP contribution in [0.15, 0.2) is 0 Å². The van der Waals surface area contributed by atoms with Crippen molar-refractivity contribution in [3.63, 3.8) is 0 Å². The van der Waals surface area contributed by atoms with Crippen LogP contribution in [0.25, 0.3) is 0 Å². The average molecular weight is 178 g/mol. The smallest absolute Gasteiger partial charge is 0.479 e. The molecule has 12 heavy (non-hydrogen) atoms. The second-order valence-corrected chi connectivity index (χ2v) is 1.61. The molecule has 0 spiro atoms. The molecule has 0 saturated heterocycles. The Kier molecular flexibility index (Phi) is 4.20. The van der Waals surface area contributed by atoms with Gasteiger partial charge in [-0.3, -0.25) is 0 Å². The number of aliphatic carboxylic acids is 2. The van der Waals surface area contributed by atoms with E-state index in [0.717, 1.165) is 0 Å². The Morgan fingerprint density at radius 3 is 1.50 bits per heavy atom. The Hall–Kier alpha value is -1.79. The van der Waals surface area contributed by atoms with E-state index in [1.807, 2.05) is 0 Å². The van der Waals surface area contributed by atoms with Crippen LogP contribution in [-0.2, 0) is 19.1 Å². The van der Waals surface area contributed by atoms with Crippen LogP contribution in [-0.4, -0.2) is 41.5 Å². The Bertz CT molecular complexity index is 176. The molecule has 0 aliphatic heterocycles. The molecule has 7 nitrogen and oxygen atoms in total. The molecule has 0 bridgehead atoms. The van der Waals surface area contributed by atoms with Gasteiger partial charge in [0, 0.05) is 0 Å². The number of carbonyl (C=O) groups excluding carboxylic acids is 1. The van der Waals surface area contributed by atoms with Crippen LogP contribution in [0.2, 0.25) is 0 Å². The second-order valence-electron chi connectivity index (χ2n) is 1.61. The standard InChI is InChI=1S/C5H6O7/c6-3(7)1-11-5(10)12-2-4(8)9/h1-2H2,(H,6,7)(H,8,9). The molecule has 68 valence electrons. The van der Waals surface area contributed by atoms with E-state index in [0.29, 0.717) is 0 Å². The molecule has 0 aliphatic rings. The first-order valence-corrected chi connectivity index (χ1v) is 2.75. The van der Waals surface area contributed by atoms with E-state index < -0.39 is 31.3 Å². The molecule has 0 aliphatic carbocycles. The highest BCUT2D eigenvalue weighted by Gasteiger charge is 2.08. The third kappa shape index (κ3) is 6.33. The van der Waals surface area contributed by atoms with Gasteiger partial charge in [-0.15, -0.1) is 0 Å². The molecule has 0 aromatic heterocycles. The summed E-state index contributed by atoms with van der Waals surface area (Å²) in [5.74, 6) is -2.69. The van der Waals surface area contributed by atoms with Crippen LogP contribution in [0.4, 0.5) is 4.79 Å². The van der Waals surface area contributed by atoms with Crippen molar-refractivity contribution in [2.75, 3.05) is 13.2 Å². The predicted octanol–water partition coefficient (Wildman–Crippen LogP) is -0.691. The van der Waals surface area contributed by atoms with E-state index in [-0.39, 0.29) is 0 Å². The van der Waals surface area contributed by atoms with Crippen LogP contribution in [0.1, 0.15) is 0 Å². The number of ether oxygens (including phenoxy) is 2. The molecular formula is C5H6O7. The molecule has 2 N–H and O–H groups in total. The summed E-state index contributed by atoms with van der Waals surface area (Å²) in [5.41, 5.74) is 0. The zero-order chi connectivity index (χ0) is 9.56. The molecule has 0 rings (SSSR count). The van der Waals surface area contributed by atoms with E-state index >= 15 is 0 Å². The monoisotopic (exact) mass is 178 g/mol. The van der Waals surface area contributed by atoms with Gasteiger partial charge in [0.2, 0.25) is 0 Å². The maximum Gasteiger partial charge on any atom is 0.509 e. The van der Waals surface area contributed by atoms with Gasteiger partial charge in [-0.2, -0.15) is 0 Å². The molecule has 7 heteroatoms. The lowest BCUT2D eigenvalue weighted by atomic mass is 10.7. The zero-order valence-electron chi connectivity index (χ0n) is 5.85. The molecular weight excluding hydrogens is 172 g/mol. The SMILES string of the molecule is O=C(O)COC(=O)OCC(=O)O. The molecule has 0 heterocycles. The van der Waals surface area contributed by atoms with E-state index in [1.165, 1.54) is 0 Å². The van der Waals surface area contributed by atoms with Crippen molar-refractivity contribution >= 4 is 18.1 Å². The fraction of sp³-hybridized carbons (Fsp3) is 0.400. The molecule has 0 unspecified atom stereocenters. The van der Waals surface area contributed by atoms with Gasteiger partial charge in [0.1, 0.15) is 0 Å². The second kappa shape index (κ2) is 4.94. The molecule has 0 amide bonds. The van der Waals surface area contributed by atoms with E-state index in [1.54, 1.807) is 0 Å². The fourth-order valence-corrected chi connectivity index (χ4v) is 0.283. The topological polar surface area (TPSA) is 110 Å². The Labute approximate surface area is 66.5 Å². The summed E-state index contributed by atoms with van der Waals surface area (Å²) in [6.07, 6.45) is -1.32. The zero-order valence-corrected chi connectivity index (χ0v) is 5.85. The predicted molar refractivity (Wildman–Crippen MR) is 32.6 cm³/mol. The Morgan fingerprint density at radius 2 is 1.25 bits per heavy atom. The van der Waals surface area contributed by atoms with Gasteiger partial charge in [-0.05, 0) is 0 Å². The number of carbonyl (C=O) groups is 3. The van der Waals surface area contributed by atoms with Crippen LogP contribution >= 0.6 is 0 Å². The van der Waals surface area contributed by atoms with Crippen molar-refractivity contribution in [2.24, 2.45) is 0 Å². The lowest BCUT2D eigenvalue weighted by Gasteiger charge is -2.00. The van der Waals surface area contributed by atoms with Crippen molar-refractivity contribution in [3.8, 4) is 0 Å². The van der Waals surface area contributed by atoms with Gasteiger partial charge < -0.3 is 19.7 Å². The van der Waals surface area contributed by atoms with Gasteiger partial charge in [0.05, 0.1) is 0 Å². The van der Waals surface area contributed by atoms with Crippen LogP contribution in [0.3, 0.4) is 0 Å². The van der Waals surface area contributed by atoms with Crippen molar-refractivity contribution in [3.05, 3.63) is 0 Å². The number of hydrogen-bond donors (Lipinski definition) is 2. The lowest BCUT2D eigenvalue weighted by molar-refractivity contribution is -0.143. The fourth-order valence-electron chi connectivity index (χ4n) is 0.283. The average Bonchev–Trinajstić information content (AvgIpc) is 1.96. The minimum absolute atomic E-state index is 0.849. The minimum Gasteiger partial charge on any atom is -0.479 e. The highest BCUT2D eigenvalue weighted by atomic mass is 16.7. The molecule has 0 atom stereocenters. The van der Waals surface area contributed by atoms with E-state index in [9.17, 15) is 14.4 Å². The first-order chi connectivity index (χ1) is 5.52. The third-order valence-corrected chi connectivity index (χ3v) is 0.627. The van der Waals surface area contributed by atoms with Crippen LogP contribution in [0.5, 0.6) is 0 Å². The first-order valence-electron chi connectivity index (χ1n) is 2.75. The van der Waals surface area contributed by atoms with Crippen molar-refractivity contribution in [1.29, 1.82) is 0 Å². The highest BCUT2D eigenvalue weighted by molar-refractivity contribution is 5.74. The minimum atomic E-state index is -1.35. The van der Waals surface area contributed by atoms with E-state index in [4.69, 9.17) is 10.2 Å². The normalized spacial score (nSPS) is 8.67. The Morgan fingerprint density at radius 1 is 0.917 bits per heavy atom. The summed E-state index contributed by atoms with van der Waals surface area (Å²) >= 11 is 0. The molecule has 0 fully saturated rings. The van der Waals surface area contributed by atoms with Crippen molar-refractivity contribution < 1.29 is 34.1 Å². The molecule has 0 aromatic rings. The van der Waals surface area contributed by atoms with Crippen LogP contribution in [0, 0.1) is 0 Å². The quantitative estimate of drug-likeness (QED) is 0.548. The molecule has 0 saturated carbocycles. The van der Waals surface area contributed by atoms with E-state index in [2.05, 4.69) is 9.47 Å². The first kappa shape index (κ1) is 10.2. The third-order valence-electron chi connectivity index (χ3n) is 0.627. The number of carboxylic acids is 2. The molecule has 0 aromatic carbocycles. The largest absolute Gasteiger partial charge is 0.509 e. The van der Waals surface area contributed by atoms with Crippen molar-refractivity contribution in [2.45, 2.75) is 0 Å². The van der Waals surface area contributed by atoms with Gasteiger partial charge in [-0.1, -0.05) is 0 Å². The summed E-state index contributed by atoms with van der Waals surface area (Å²) in [5, 5.41) is 16.0. The summed E-state index contributed by atoms with van der Waals surface area (Å²) in [6.45, 7) is -1.70. The lowest BCUT2D eigenvalue weighted by Crippen LogP contribution is -2.17. The maximum atomic E-state index is 10.3. The summed E-state index contributed by atoms with van der Waals surface area (Å²) in [6, 6.07) is 0. The van der Waals surface area contributed by atoms with Gasteiger partial charge in [0.25, 0.3) is 0 Å². The molecule has 0 radical (unpaired) electrons. The number of carboxylic acid groups (broad SMARTS) is 2. The van der Waals surface area contributed by atoms with Crippen LogP contribution < -0.4 is 0 Å². The van der Waals surface area contributed by atoms with Gasteiger partial charge >= 0.3 is 18.1 Å². The summed E-state index contributed by atoms with van der Waals surface area (Å²) in [7, 11) is 0. The summed E-state index contributed by atoms with van der Waals surface area (Å²) in [4.78, 5) is 29.9. The Balaban J connectivity index is 3.47. The van der Waals surface area contributed by atoms with Gasteiger partial charge in [-0.25, -0.2) is 14.4 Å². The number of rotatable bonds is 4.